The van der Waals surface area contributed by atoms with E-state index in [0.29, 0.717) is 34.3 Å². The van der Waals surface area contributed by atoms with Crippen LogP contribution in [0.15, 0.2) is 54.6 Å². The molecule has 7 nitrogen and oxygen atoms in total. The molecule has 4 bridgehead atoms. The predicted molar refractivity (Wildman–Crippen MR) is 143 cm³/mol. The number of carbonyl (C=O) groups excluding carboxylic acids is 2. The number of methoxy groups -OCH3 is 1. The van der Waals surface area contributed by atoms with E-state index in [2.05, 4.69) is 20.8 Å². The number of benzene rings is 2. The van der Waals surface area contributed by atoms with Crippen LogP contribution in [0.1, 0.15) is 44.1 Å². The van der Waals surface area contributed by atoms with Crippen molar-refractivity contribution in [2.75, 3.05) is 12.4 Å². The maximum atomic E-state index is 13.8. The molecule has 4 aliphatic rings. The number of ether oxygens (including phenoxy) is 1. The van der Waals surface area contributed by atoms with Crippen LogP contribution in [0.3, 0.4) is 0 Å². The molecule has 7 rings (SSSR count). The van der Waals surface area contributed by atoms with Crippen LogP contribution in [0.25, 0.3) is 10.6 Å². The van der Waals surface area contributed by atoms with E-state index < -0.39 is 6.04 Å². The largest absolute Gasteiger partial charge is 0.497 e. The highest BCUT2D eigenvalue weighted by Gasteiger charge is 2.55. The first-order valence-electron chi connectivity index (χ1n) is 13.1. The highest BCUT2D eigenvalue weighted by molar-refractivity contribution is 7.18. The maximum absolute atomic E-state index is 13.8. The van der Waals surface area contributed by atoms with Crippen LogP contribution in [-0.2, 0) is 16.0 Å². The zero-order chi connectivity index (χ0) is 25.4. The minimum Gasteiger partial charge on any atom is -0.497 e. The molecular weight excluding hydrogens is 484 g/mol. The molecule has 0 spiro atoms. The fraction of sp³-hybridized carbons (Fsp3) is 0.448. The zero-order valence-electron chi connectivity index (χ0n) is 21.0. The molecule has 4 aliphatic carbocycles. The highest BCUT2D eigenvalue weighted by Crippen LogP contribution is 2.60. The molecule has 8 heteroatoms. The number of amides is 2. The lowest BCUT2D eigenvalue weighted by Gasteiger charge is -2.55. The minimum atomic E-state index is -0.684. The number of carbonyl (C=O) groups is 2. The minimum absolute atomic E-state index is 0.0545. The van der Waals surface area contributed by atoms with Gasteiger partial charge in [-0.1, -0.05) is 41.7 Å². The summed E-state index contributed by atoms with van der Waals surface area (Å²) in [6.07, 6.45) is 7.13. The maximum Gasteiger partial charge on any atom is 0.249 e. The van der Waals surface area contributed by atoms with Gasteiger partial charge in [-0.15, -0.1) is 10.2 Å². The van der Waals surface area contributed by atoms with Crippen molar-refractivity contribution < 1.29 is 14.3 Å². The smallest absolute Gasteiger partial charge is 0.249 e. The first-order chi connectivity index (χ1) is 18.0. The van der Waals surface area contributed by atoms with Gasteiger partial charge in [0.25, 0.3) is 0 Å². The molecule has 4 saturated carbocycles. The van der Waals surface area contributed by atoms with Crippen molar-refractivity contribution in [3.63, 3.8) is 0 Å². The van der Waals surface area contributed by atoms with Crippen LogP contribution in [0.5, 0.6) is 5.75 Å². The lowest BCUT2D eigenvalue weighted by molar-refractivity contribution is -0.148. The van der Waals surface area contributed by atoms with E-state index in [4.69, 9.17) is 4.74 Å². The number of hydrogen-bond acceptors (Lipinski definition) is 6. The summed E-state index contributed by atoms with van der Waals surface area (Å²) in [5.74, 6) is 2.54. The van der Waals surface area contributed by atoms with Crippen molar-refractivity contribution in [1.82, 2.24) is 15.5 Å². The number of anilines is 1. The molecule has 1 aromatic heterocycles. The summed E-state index contributed by atoms with van der Waals surface area (Å²) in [5.41, 5.74) is 1.59. The van der Waals surface area contributed by atoms with Crippen LogP contribution in [0, 0.1) is 23.2 Å². The Morgan fingerprint density at radius 2 is 1.62 bits per heavy atom. The van der Waals surface area contributed by atoms with Crippen LogP contribution < -0.4 is 15.4 Å². The van der Waals surface area contributed by atoms with Gasteiger partial charge in [0.2, 0.25) is 16.9 Å². The molecule has 0 aliphatic heterocycles. The van der Waals surface area contributed by atoms with Crippen LogP contribution in [-0.4, -0.2) is 35.2 Å². The Morgan fingerprint density at radius 3 is 2.24 bits per heavy atom. The molecule has 2 amide bonds. The lowest BCUT2D eigenvalue weighted by Crippen LogP contribution is -2.57. The van der Waals surface area contributed by atoms with Gasteiger partial charge in [0.15, 0.2) is 0 Å². The first-order valence-corrected chi connectivity index (χ1v) is 13.9. The van der Waals surface area contributed by atoms with E-state index in [0.717, 1.165) is 36.1 Å². The highest BCUT2D eigenvalue weighted by atomic mass is 32.1. The molecule has 0 radical (unpaired) electrons. The van der Waals surface area contributed by atoms with Gasteiger partial charge in [0, 0.05) is 17.4 Å². The summed E-state index contributed by atoms with van der Waals surface area (Å²) in [4.78, 5) is 27.3. The molecule has 3 aromatic rings. The Balaban J connectivity index is 1.19. The first kappa shape index (κ1) is 24.1. The number of nitrogens with one attached hydrogen (secondary N) is 2. The third-order valence-electron chi connectivity index (χ3n) is 8.42. The fourth-order valence-corrected chi connectivity index (χ4v) is 7.83. The third kappa shape index (κ3) is 4.99. The van der Waals surface area contributed by atoms with E-state index in [-0.39, 0.29) is 17.2 Å². The fourth-order valence-electron chi connectivity index (χ4n) is 7.08. The Kier molecular flexibility index (Phi) is 6.44. The summed E-state index contributed by atoms with van der Waals surface area (Å²) >= 11 is 1.31. The second kappa shape index (κ2) is 9.89. The van der Waals surface area contributed by atoms with Gasteiger partial charge in [-0.2, -0.15) is 0 Å². The van der Waals surface area contributed by atoms with E-state index >= 15 is 0 Å². The number of nitrogens with zero attached hydrogens (tertiary/aromatic N) is 2. The Bertz CT molecular complexity index is 1240. The van der Waals surface area contributed by atoms with Gasteiger partial charge >= 0.3 is 0 Å². The quantitative estimate of drug-likeness (QED) is 0.435. The third-order valence-corrected chi connectivity index (χ3v) is 9.30. The van der Waals surface area contributed by atoms with Gasteiger partial charge in [-0.05, 0) is 86.1 Å². The average molecular weight is 517 g/mol. The normalized spacial score (nSPS) is 26.5. The van der Waals surface area contributed by atoms with Gasteiger partial charge in [-0.25, -0.2) is 0 Å². The number of aromatic nitrogens is 2. The molecule has 1 unspecified atom stereocenters. The van der Waals surface area contributed by atoms with E-state index in [1.165, 1.54) is 30.6 Å². The number of rotatable bonds is 8. The van der Waals surface area contributed by atoms with Crippen molar-refractivity contribution in [2.24, 2.45) is 23.2 Å². The summed E-state index contributed by atoms with van der Waals surface area (Å²) < 4.78 is 5.22. The van der Waals surface area contributed by atoms with Crippen molar-refractivity contribution in [3.8, 4) is 16.3 Å². The molecular formula is C29H32N4O3S. The van der Waals surface area contributed by atoms with E-state index in [9.17, 15) is 9.59 Å². The average Bonchev–Trinajstić information content (AvgIpc) is 3.36. The van der Waals surface area contributed by atoms with Crippen molar-refractivity contribution in [2.45, 2.75) is 51.0 Å². The standard InChI is InChI=1S/C29H32N4O3S/c1-36-23-9-7-22(8-10-23)26-32-33-28(37-26)31-25(34)24(14-18-5-3-2-4-6-18)30-27(35)29-15-19-11-20(16-29)13-21(12-19)17-29/h2-10,19-21,24H,11-17H2,1H3,(H,30,35)(H,31,33,34). The summed E-state index contributed by atoms with van der Waals surface area (Å²) in [7, 11) is 1.63. The number of hydrogen-bond donors (Lipinski definition) is 2. The van der Waals surface area contributed by atoms with E-state index in [1.54, 1.807) is 7.11 Å². The molecule has 1 heterocycles. The zero-order valence-corrected chi connectivity index (χ0v) is 21.8. The molecule has 2 N–H and O–H groups in total. The van der Waals surface area contributed by atoms with Crippen molar-refractivity contribution >= 4 is 28.3 Å². The van der Waals surface area contributed by atoms with Crippen molar-refractivity contribution in [3.05, 3.63) is 60.2 Å². The SMILES string of the molecule is COc1ccc(-c2nnc(NC(=O)C(Cc3ccccc3)NC(=O)C34CC5CC(CC(C5)C3)C4)s2)cc1. The topological polar surface area (TPSA) is 93.2 Å². The molecule has 37 heavy (non-hydrogen) atoms. The molecule has 1 atom stereocenters. The van der Waals surface area contributed by atoms with Crippen LogP contribution in [0.4, 0.5) is 5.13 Å². The van der Waals surface area contributed by atoms with Gasteiger partial charge < -0.3 is 10.1 Å². The molecule has 192 valence electrons. The summed E-state index contributed by atoms with van der Waals surface area (Å²) in [6.45, 7) is 0. The predicted octanol–water partition coefficient (Wildman–Crippen LogP) is 5.10. The summed E-state index contributed by atoms with van der Waals surface area (Å²) in [6, 6.07) is 16.7. The second-order valence-electron chi connectivity index (χ2n) is 11.0. The van der Waals surface area contributed by atoms with E-state index in [1.807, 2.05) is 54.6 Å². The van der Waals surface area contributed by atoms with Gasteiger partial charge in [0.1, 0.15) is 16.8 Å². The Morgan fingerprint density at radius 1 is 0.973 bits per heavy atom. The molecule has 2 aromatic carbocycles. The molecule has 0 saturated heterocycles. The lowest BCUT2D eigenvalue weighted by atomic mass is 9.49. The van der Waals surface area contributed by atoms with Gasteiger partial charge in [-0.3, -0.25) is 14.9 Å². The van der Waals surface area contributed by atoms with Crippen LogP contribution >= 0.6 is 11.3 Å². The molecule has 4 fully saturated rings. The second-order valence-corrected chi connectivity index (χ2v) is 12.0. The van der Waals surface area contributed by atoms with Crippen molar-refractivity contribution in [1.29, 1.82) is 0 Å². The Labute approximate surface area is 221 Å². The van der Waals surface area contributed by atoms with Gasteiger partial charge in [0.05, 0.1) is 7.11 Å². The Hall–Kier alpha value is -3.26. The van der Waals surface area contributed by atoms with Crippen LogP contribution in [0.2, 0.25) is 0 Å². The monoisotopic (exact) mass is 516 g/mol. The summed E-state index contributed by atoms with van der Waals surface area (Å²) in [5, 5.41) is 15.7.